The number of aromatic nitrogens is 3. The molecule has 4 N–H and O–H groups in total. The summed E-state index contributed by atoms with van der Waals surface area (Å²) < 4.78 is 35.2. The molecule has 16 heteroatoms. The summed E-state index contributed by atoms with van der Waals surface area (Å²) in [6.45, 7) is 19.6. The third-order valence-corrected chi connectivity index (χ3v) is 18.3. The summed E-state index contributed by atoms with van der Waals surface area (Å²) in [5.74, 6) is -0.967. The number of amidine groups is 1. The Bertz CT molecular complexity index is 1470. The molecule has 4 heterocycles. The number of nitrogens with two attached hydrogens (primary N) is 2. The van der Waals surface area contributed by atoms with Gasteiger partial charge in [0.1, 0.15) is 12.1 Å². The maximum atomic E-state index is 12.5. The zero-order valence-corrected chi connectivity index (χ0v) is 29.0. The lowest BCUT2D eigenvalue weighted by molar-refractivity contribution is -0.141. The molecule has 44 heavy (non-hydrogen) atoms. The van der Waals surface area contributed by atoms with Crippen molar-refractivity contribution in [3.63, 3.8) is 0 Å². The number of carbonyl (C=O) groups excluding carboxylic acids is 2. The molecule has 2 aliphatic heterocycles. The number of carbonyl (C=O) groups is 2. The van der Waals surface area contributed by atoms with E-state index in [1.807, 2.05) is 0 Å². The quantitative estimate of drug-likeness (QED) is 0.104. The highest BCUT2D eigenvalue weighted by Gasteiger charge is 2.61. The Morgan fingerprint density at radius 2 is 1.61 bits per heavy atom. The van der Waals surface area contributed by atoms with E-state index in [0.717, 1.165) is 0 Å². The van der Waals surface area contributed by atoms with Crippen molar-refractivity contribution < 1.29 is 36.9 Å². The highest BCUT2D eigenvalue weighted by Crippen LogP contribution is 2.49. The molecule has 0 aromatic carbocycles. The van der Waals surface area contributed by atoms with Crippen molar-refractivity contribution in [2.24, 2.45) is 10.9 Å². The van der Waals surface area contributed by atoms with E-state index in [2.05, 4.69) is 70.5 Å². The molecule has 2 atom stereocenters. The Kier molecular flexibility index (Phi) is 9.61. The van der Waals surface area contributed by atoms with Gasteiger partial charge in [-0.15, -0.1) is 0 Å². The lowest BCUT2D eigenvalue weighted by atomic mass is 10.2. The molecule has 2 aromatic rings. The van der Waals surface area contributed by atoms with E-state index in [4.69, 9.17) is 38.7 Å². The molecule has 242 valence electrons. The predicted molar refractivity (Wildman–Crippen MR) is 168 cm³/mol. The number of nitrogen functional groups attached to an aromatic ring is 1. The fraction of sp³-hybridized carbons (Fsp3) is 0.607. The number of rotatable bonds is 8. The molecule has 1 saturated heterocycles. The fourth-order valence-electron chi connectivity index (χ4n) is 5.96. The van der Waals surface area contributed by atoms with Gasteiger partial charge in [0.05, 0.1) is 17.6 Å². The van der Waals surface area contributed by atoms with E-state index >= 15 is 0 Å². The SMILES string of the molecule is CC(=O)ON=C(N)c1cn(C2=C(OC(C)=O)[C@@H]3O[Si](C(C)C)(C(C)C)O[Si](C(C)C)(C(C)C)OC[C@H]3O2)c2ncnc(N)c12. The van der Waals surface area contributed by atoms with Crippen molar-refractivity contribution >= 4 is 57.6 Å². The summed E-state index contributed by atoms with van der Waals surface area (Å²) in [6, 6.07) is 0. The van der Waals surface area contributed by atoms with Gasteiger partial charge in [-0.25, -0.2) is 14.8 Å². The average molecular weight is 649 g/mol. The van der Waals surface area contributed by atoms with E-state index in [-0.39, 0.29) is 57.6 Å². The number of hydrogen-bond donors (Lipinski definition) is 2. The van der Waals surface area contributed by atoms with Gasteiger partial charge in [0.2, 0.25) is 5.88 Å². The molecule has 0 spiro atoms. The van der Waals surface area contributed by atoms with Crippen molar-refractivity contribution in [1.82, 2.24) is 14.5 Å². The summed E-state index contributed by atoms with van der Waals surface area (Å²) in [5.41, 5.74) is 13.3. The molecule has 14 nitrogen and oxygen atoms in total. The third kappa shape index (κ3) is 5.88. The molecule has 0 amide bonds. The first kappa shape index (κ1) is 33.6. The van der Waals surface area contributed by atoms with Crippen LogP contribution in [-0.4, -0.2) is 68.2 Å². The zero-order valence-electron chi connectivity index (χ0n) is 27.0. The van der Waals surface area contributed by atoms with Gasteiger partial charge in [0.25, 0.3) is 0 Å². The van der Waals surface area contributed by atoms with E-state index in [0.29, 0.717) is 11.0 Å². The maximum Gasteiger partial charge on any atom is 0.335 e. The van der Waals surface area contributed by atoms with E-state index in [9.17, 15) is 9.59 Å². The second kappa shape index (κ2) is 12.6. The molecule has 2 aliphatic rings. The maximum absolute atomic E-state index is 12.5. The molecule has 0 aliphatic carbocycles. The normalized spacial score (nSPS) is 21.9. The number of fused-ring (bicyclic) bond motifs is 2. The van der Waals surface area contributed by atoms with Crippen LogP contribution in [0.1, 0.15) is 74.8 Å². The number of ether oxygens (including phenoxy) is 2. The first-order valence-electron chi connectivity index (χ1n) is 14.8. The predicted octanol–water partition coefficient (Wildman–Crippen LogP) is 4.24. The van der Waals surface area contributed by atoms with Crippen molar-refractivity contribution in [3.05, 3.63) is 23.8 Å². The number of nitrogens with zero attached hydrogens (tertiary/aromatic N) is 4. The van der Waals surface area contributed by atoms with Crippen LogP contribution in [-0.2, 0) is 36.9 Å². The zero-order chi connectivity index (χ0) is 32.7. The molecular weight excluding hydrogens is 605 g/mol. The Hall–Kier alpha value is -3.32. The molecule has 2 aromatic heterocycles. The van der Waals surface area contributed by atoms with Crippen LogP contribution in [0, 0.1) is 0 Å². The highest BCUT2D eigenvalue weighted by atomic mass is 28.5. The van der Waals surface area contributed by atoms with Gasteiger partial charge in [0.15, 0.2) is 29.4 Å². The number of anilines is 1. The topological polar surface area (TPSA) is 185 Å². The van der Waals surface area contributed by atoms with Gasteiger partial charge < -0.3 is 38.7 Å². The van der Waals surface area contributed by atoms with E-state index in [1.54, 1.807) is 10.8 Å². The fourth-order valence-corrected chi connectivity index (χ4v) is 17.1. The molecule has 0 radical (unpaired) electrons. The van der Waals surface area contributed by atoms with Crippen LogP contribution in [0.4, 0.5) is 5.82 Å². The summed E-state index contributed by atoms with van der Waals surface area (Å²) in [7, 11) is -5.96. The molecular formula is C28H44N6O8Si2. The summed E-state index contributed by atoms with van der Waals surface area (Å²) in [5, 5.41) is 4.06. The van der Waals surface area contributed by atoms with Gasteiger partial charge in [-0.05, 0) is 22.2 Å². The second-order valence-electron chi connectivity index (χ2n) is 12.4. The summed E-state index contributed by atoms with van der Waals surface area (Å²) in [6.07, 6.45) is 1.34. The molecule has 1 fully saturated rings. The van der Waals surface area contributed by atoms with Crippen molar-refractivity contribution in [1.29, 1.82) is 0 Å². The van der Waals surface area contributed by atoms with E-state index < -0.39 is 41.3 Å². The molecule has 4 rings (SSSR count). The minimum atomic E-state index is -3.10. The molecule has 0 saturated carbocycles. The Morgan fingerprint density at radius 1 is 1.00 bits per heavy atom. The van der Waals surface area contributed by atoms with Crippen LogP contribution in [0.5, 0.6) is 0 Å². The summed E-state index contributed by atoms with van der Waals surface area (Å²) >= 11 is 0. The Balaban J connectivity index is 1.96. The van der Waals surface area contributed by atoms with Crippen LogP contribution in [0.15, 0.2) is 23.4 Å². The largest absolute Gasteiger partial charge is 0.467 e. The monoisotopic (exact) mass is 648 g/mol. The first-order chi connectivity index (χ1) is 20.6. The highest BCUT2D eigenvalue weighted by molar-refractivity contribution is 6.84. The van der Waals surface area contributed by atoms with E-state index in [1.165, 1.54) is 20.2 Å². The van der Waals surface area contributed by atoms with Gasteiger partial charge in [0, 0.05) is 20.0 Å². The van der Waals surface area contributed by atoms with Crippen LogP contribution >= 0.6 is 0 Å². The van der Waals surface area contributed by atoms with Gasteiger partial charge in [-0.3, -0.25) is 9.36 Å². The minimum absolute atomic E-state index is 0.0284. The molecule has 0 unspecified atom stereocenters. The Morgan fingerprint density at radius 3 is 2.16 bits per heavy atom. The van der Waals surface area contributed by atoms with Gasteiger partial charge in [-0.1, -0.05) is 60.5 Å². The van der Waals surface area contributed by atoms with Crippen molar-refractivity contribution in [2.75, 3.05) is 12.3 Å². The van der Waals surface area contributed by atoms with Gasteiger partial charge in [-0.2, -0.15) is 0 Å². The average Bonchev–Trinajstić information content (AvgIpc) is 3.45. The van der Waals surface area contributed by atoms with Crippen LogP contribution in [0.25, 0.3) is 16.9 Å². The summed E-state index contributed by atoms with van der Waals surface area (Å²) in [4.78, 5) is 37.2. The standard InChI is InChI=1S/C28H44N6O8Si2/c1-14(2)43(15(3)4)37-12-21-23(41-44(42-43,16(5)6)17(7)8)24(38-18(9)35)28(39-21)34-11-20(25(29)33-40-19(10)36)22-26(30)31-13-32-27(22)34/h11,13-17,21,23H,12H2,1-10H3,(H2,29,33)(H2,30,31,32)/t21-,23-/m1/s1. The number of esters is 1. The first-order valence-corrected chi connectivity index (χ1v) is 18.7. The lowest BCUT2D eigenvalue weighted by Crippen LogP contribution is -2.65. The molecule has 0 bridgehead atoms. The van der Waals surface area contributed by atoms with Crippen molar-refractivity contribution in [2.45, 2.75) is 104 Å². The van der Waals surface area contributed by atoms with Crippen LogP contribution < -0.4 is 11.5 Å². The minimum Gasteiger partial charge on any atom is -0.467 e. The smallest absolute Gasteiger partial charge is 0.335 e. The number of hydrogen-bond acceptors (Lipinski definition) is 12. The lowest BCUT2D eigenvalue weighted by Gasteiger charge is -2.51. The van der Waals surface area contributed by atoms with Crippen LogP contribution in [0.3, 0.4) is 0 Å². The van der Waals surface area contributed by atoms with Crippen molar-refractivity contribution in [3.8, 4) is 0 Å². The Labute approximate surface area is 259 Å². The number of oxime groups is 1. The van der Waals surface area contributed by atoms with Gasteiger partial charge >= 0.3 is 29.1 Å². The third-order valence-electron chi connectivity index (χ3n) is 8.03. The second-order valence-corrected chi connectivity index (χ2v) is 21.2. The van der Waals surface area contributed by atoms with Crippen LogP contribution in [0.2, 0.25) is 22.2 Å².